The number of allylic oxidation sites excluding steroid dienone is 1. The molecule has 140 valence electrons. The fourth-order valence-electron chi connectivity index (χ4n) is 3.57. The van der Waals surface area contributed by atoms with Gasteiger partial charge in [0.1, 0.15) is 18.2 Å². The standard InChI is InChI=1S/C23H19NO3S/c25-22-18-8-9-20-19(14-24(15-26-20)11-10-17-7-4-12-28-17)23(18)27-21(22)13-16-5-2-1-3-6-16/h1-9,12-13H,10-11,14-15H2/b21-13-. The highest BCUT2D eigenvalue weighted by Gasteiger charge is 2.33. The molecule has 0 bridgehead atoms. The van der Waals surface area contributed by atoms with Gasteiger partial charge in [-0.3, -0.25) is 9.69 Å². The van der Waals surface area contributed by atoms with E-state index < -0.39 is 0 Å². The van der Waals surface area contributed by atoms with Crippen LogP contribution in [0.3, 0.4) is 0 Å². The summed E-state index contributed by atoms with van der Waals surface area (Å²) in [6.07, 6.45) is 2.79. The molecule has 28 heavy (non-hydrogen) atoms. The number of carbonyl (C=O) groups is 1. The molecule has 5 heteroatoms. The third kappa shape index (κ3) is 3.23. The molecule has 4 nitrogen and oxygen atoms in total. The van der Waals surface area contributed by atoms with Crippen LogP contribution in [-0.2, 0) is 13.0 Å². The third-order valence-corrected chi connectivity index (χ3v) is 5.97. The second kappa shape index (κ2) is 7.26. The molecule has 3 aromatic rings. The molecule has 0 aliphatic carbocycles. The van der Waals surface area contributed by atoms with E-state index in [1.807, 2.05) is 42.5 Å². The highest BCUT2D eigenvalue weighted by molar-refractivity contribution is 7.09. The number of rotatable bonds is 4. The van der Waals surface area contributed by atoms with Crippen LogP contribution in [0.4, 0.5) is 0 Å². The molecule has 2 aliphatic heterocycles. The Bertz CT molecular complexity index is 1040. The summed E-state index contributed by atoms with van der Waals surface area (Å²) in [6.45, 7) is 2.18. The molecule has 0 unspecified atom stereocenters. The van der Waals surface area contributed by atoms with Gasteiger partial charge in [-0.15, -0.1) is 11.3 Å². The van der Waals surface area contributed by atoms with Gasteiger partial charge in [0.15, 0.2) is 5.76 Å². The Labute approximate surface area is 167 Å². The van der Waals surface area contributed by atoms with Crippen LogP contribution in [0.2, 0.25) is 0 Å². The largest absolute Gasteiger partial charge is 0.478 e. The van der Waals surface area contributed by atoms with Crippen molar-refractivity contribution in [1.29, 1.82) is 0 Å². The fraction of sp³-hybridized carbons (Fsp3) is 0.174. The molecule has 5 rings (SSSR count). The monoisotopic (exact) mass is 389 g/mol. The lowest BCUT2D eigenvalue weighted by atomic mass is 10.0. The molecule has 0 saturated heterocycles. The molecule has 0 spiro atoms. The number of Topliss-reactive ketones (excluding diaryl/α,β-unsaturated/α-hetero) is 1. The highest BCUT2D eigenvalue weighted by atomic mass is 32.1. The van der Waals surface area contributed by atoms with E-state index >= 15 is 0 Å². The quantitative estimate of drug-likeness (QED) is 0.603. The second-order valence-corrected chi connectivity index (χ2v) is 7.96. The molecular formula is C23H19NO3S. The van der Waals surface area contributed by atoms with Crippen LogP contribution in [0.25, 0.3) is 6.08 Å². The SMILES string of the molecule is O=C1/C(=C/c2ccccc2)Oc2c1ccc1c2CN(CCc2cccs2)CO1. The molecular weight excluding hydrogens is 370 g/mol. The number of thiophene rings is 1. The number of benzene rings is 2. The van der Waals surface area contributed by atoms with E-state index in [0.717, 1.165) is 36.4 Å². The van der Waals surface area contributed by atoms with E-state index in [4.69, 9.17) is 9.47 Å². The van der Waals surface area contributed by atoms with Gasteiger partial charge in [-0.25, -0.2) is 0 Å². The van der Waals surface area contributed by atoms with Crippen molar-refractivity contribution < 1.29 is 14.3 Å². The first-order valence-electron chi connectivity index (χ1n) is 9.30. The molecule has 0 amide bonds. The highest BCUT2D eigenvalue weighted by Crippen LogP contribution is 2.42. The number of hydrogen-bond acceptors (Lipinski definition) is 5. The van der Waals surface area contributed by atoms with E-state index in [0.29, 0.717) is 23.8 Å². The number of nitrogens with zero attached hydrogens (tertiary/aromatic N) is 1. The Kier molecular flexibility index (Phi) is 4.47. The first-order chi connectivity index (χ1) is 13.8. The number of ether oxygens (including phenoxy) is 2. The summed E-state index contributed by atoms with van der Waals surface area (Å²) in [5.41, 5.74) is 2.52. The molecule has 0 radical (unpaired) electrons. The topological polar surface area (TPSA) is 38.8 Å². The zero-order valence-corrected chi connectivity index (χ0v) is 16.1. The van der Waals surface area contributed by atoms with E-state index in [1.165, 1.54) is 4.88 Å². The molecule has 0 atom stereocenters. The predicted octanol–water partition coefficient (Wildman–Crippen LogP) is 4.76. The fourth-order valence-corrected chi connectivity index (χ4v) is 4.27. The lowest BCUT2D eigenvalue weighted by molar-refractivity contribution is 0.0951. The maximum absolute atomic E-state index is 12.8. The minimum Gasteiger partial charge on any atom is -0.478 e. The summed E-state index contributed by atoms with van der Waals surface area (Å²) in [4.78, 5) is 16.4. The normalized spacial score (nSPS) is 17.1. The van der Waals surface area contributed by atoms with Crippen LogP contribution in [0, 0.1) is 0 Å². The Hall–Kier alpha value is -2.89. The molecule has 0 fully saturated rings. The first-order valence-corrected chi connectivity index (χ1v) is 10.2. The van der Waals surface area contributed by atoms with Gasteiger partial charge in [0.05, 0.1) is 11.1 Å². The molecule has 0 saturated carbocycles. The van der Waals surface area contributed by atoms with Gasteiger partial charge >= 0.3 is 0 Å². The van der Waals surface area contributed by atoms with Gasteiger partial charge in [0, 0.05) is 18.0 Å². The van der Waals surface area contributed by atoms with Crippen molar-refractivity contribution in [3.05, 3.63) is 87.3 Å². The van der Waals surface area contributed by atoms with Gasteiger partial charge in [-0.05, 0) is 41.6 Å². The van der Waals surface area contributed by atoms with Crippen molar-refractivity contribution in [1.82, 2.24) is 4.90 Å². The lowest BCUT2D eigenvalue weighted by Crippen LogP contribution is -2.33. The minimum absolute atomic E-state index is 0.0719. The summed E-state index contributed by atoms with van der Waals surface area (Å²) in [7, 11) is 0. The summed E-state index contributed by atoms with van der Waals surface area (Å²) in [5.74, 6) is 1.74. The van der Waals surface area contributed by atoms with Crippen LogP contribution in [0.5, 0.6) is 11.5 Å². The van der Waals surface area contributed by atoms with Gasteiger partial charge in [-0.2, -0.15) is 0 Å². The zero-order valence-electron chi connectivity index (χ0n) is 15.3. The third-order valence-electron chi connectivity index (χ3n) is 5.03. The zero-order chi connectivity index (χ0) is 18.9. The minimum atomic E-state index is -0.0719. The predicted molar refractivity (Wildman–Crippen MR) is 110 cm³/mol. The number of fused-ring (bicyclic) bond motifs is 3. The average molecular weight is 389 g/mol. The molecule has 3 heterocycles. The summed E-state index contributed by atoms with van der Waals surface area (Å²) in [6, 6.07) is 17.7. The Morgan fingerprint density at radius 1 is 1.07 bits per heavy atom. The number of ketones is 1. The first kappa shape index (κ1) is 17.2. The maximum atomic E-state index is 12.8. The van der Waals surface area contributed by atoms with E-state index in [1.54, 1.807) is 17.4 Å². The van der Waals surface area contributed by atoms with Crippen LogP contribution >= 0.6 is 11.3 Å². The van der Waals surface area contributed by atoms with Crippen molar-refractivity contribution in [2.24, 2.45) is 0 Å². The van der Waals surface area contributed by atoms with E-state index in [2.05, 4.69) is 22.4 Å². The van der Waals surface area contributed by atoms with Crippen molar-refractivity contribution in [2.45, 2.75) is 13.0 Å². The van der Waals surface area contributed by atoms with Crippen molar-refractivity contribution in [2.75, 3.05) is 13.3 Å². The molecule has 0 N–H and O–H groups in total. The van der Waals surface area contributed by atoms with Crippen molar-refractivity contribution in [3.63, 3.8) is 0 Å². The molecule has 1 aromatic heterocycles. The van der Waals surface area contributed by atoms with Crippen molar-refractivity contribution in [3.8, 4) is 11.5 Å². The van der Waals surface area contributed by atoms with Gasteiger partial charge in [0.2, 0.25) is 5.78 Å². The number of hydrogen-bond donors (Lipinski definition) is 0. The second-order valence-electron chi connectivity index (χ2n) is 6.92. The smallest absolute Gasteiger partial charge is 0.231 e. The molecule has 2 aliphatic rings. The van der Waals surface area contributed by atoms with Gasteiger partial charge in [0.25, 0.3) is 0 Å². The number of carbonyl (C=O) groups excluding carboxylic acids is 1. The lowest BCUT2D eigenvalue weighted by Gasteiger charge is -2.29. The summed E-state index contributed by atoms with van der Waals surface area (Å²) in [5, 5.41) is 2.10. The molecule has 2 aromatic carbocycles. The van der Waals surface area contributed by atoms with Crippen molar-refractivity contribution >= 4 is 23.2 Å². The van der Waals surface area contributed by atoms with Gasteiger partial charge < -0.3 is 9.47 Å². The van der Waals surface area contributed by atoms with Crippen LogP contribution in [-0.4, -0.2) is 24.0 Å². The van der Waals surface area contributed by atoms with E-state index in [9.17, 15) is 4.79 Å². The average Bonchev–Trinajstić information content (AvgIpc) is 3.36. The maximum Gasteiger partial charge on any atom is 0.231 e. The Morgan fingerprint density at radius 3 is 2.79 bits per heavy atom. The van der Waals surface area contributed by atoms with Crippen LogP contribution < -0.4 is 9.47 Å². The van der Waals surface area contributed by atoms with E-state index in [-0.39, 0.29) is 5.78 Å². The summed E-state index contributed by atoms with van der Waals surface area (Å²) >= 11 is 1.77. The Balaban J connectivity index is 1.39. The summed E-state index contributed by atoms with van der Waals surface area (Å²) < 4.78 is 12.0. The van der Waals surface area contributed by atoms with Crippen LogP contribution in [0.1, 0.15) is 26.4 Å². The van der Waals surface area contributed by atoms with Crippen LogP contribution in [0.15, 0.2) is 65.7 Å². The Morgan fingerprint density at radius 2 is 1.96 bits per heavy atom. The van der Waals surface area contributed by atoms with Gasteiger partial charge in [-0.1, -0.05) is 36.4 Å².